The lowest BCUT2D eigenvalue weighted by molar-refractivity contribution is -0.124. The minimum absolute atomic E-state index is 0.0317. The highest BCUT2D eigenvalue weighted by Gasteiger charge is 2.54. The molecule has 1 heterocycles. The van der Waals surface area contributed by atoms with E-state index in [1.54, 1.807) is 13.2 Å². The molecule has 7 heteroatoms. The van der Waals surface area contributed by atoms with E-state index in [2.05, 4.69) is 28.4 Å². The first-order valence-corrected chi connectivity index (χ1v) is 12.7. The molecule has 0 aromatic heterocycles. The Morgan fingerprint density at radius 3 is 2.60 bits per heavy atom. The molecule has 190 valence electrons. The van der Waals surface area contributed by atoms with E-state index in [1.165, 1.54) is 5.56 Å². The molecule has 1 amide bonds. The number of amides is 1. The minimum Gasteiger partial charge on any atom is -0.504 e. The van der Waals surface area contributed by atoms with E-state index in [0.29, 0.717) is 38.5 Å². The molecule has 1 aliphatic carbocycles. The third kappa shape index (κ3) is 5.17. The van der Waals surface area contributed by atoms with E-state index < -0.39 is 0 Å². The summed E-state index contributed by atoms with van der Waals surface area (Å²) in [5.41, 5.74) is 3.14. The first-order valence-electron chi connectivity index (χ1n) is 12.7. The summed E-state index contributed by atoms with van der Waals surface area (Å²) in [6, 6.07) is 14.0. The molecule has 2 aromatic rings. The van der Waals surface area contributed by atoms with Crippen LogP contribution in [0.3, 0.4) is 0 Å². The maximum atomic E-state index is 12.5. The van der Waals surface area contributed by atoms with Crippen molar-refractivity contribution in [3.05, 3.63) is 59.2 Å². The topological polar surface area (TPSA) is 80.3 Å². The van der Waals surface area contributed by atoms with Crippen LogP contribution in [0.4, 0.5) is 0 Å². The summed E-state index contributed by atoms with van der Waals surface area (Å²) in [5.74, 6) is 0.789. The van der Waals surface area contributed by atoms with Gasteiger partial charge in [0.2, 0.25) is 5.91 Å². The number of piperidine rings is 1. The molecule has 0 radical (unpaired) electrons. The van der Waals surface area contributed by atoms with E-state index in [9.17, 15) is 9.90 Å². The number of methoxy groups -OCH3 is 1. The van der Waals surface area contributed by atoms with Gasteiger partial charge in [0.1, 0.15) is 0 Å². The summed E-state index contributed by atoms with van der Waals surface area (Å²) in [5, 5.41) is 13.9. The average molecular weight is 483 g/mol. The fraction of sp³-hybridized carbons (Fsp3) is 0.536. The monoisotopic (exact) mass is 482 g/mol. The van der Waals surface area contributed by atoms with Crippen molar-refractivity contribution in [2.75, 3.05) is 40.0 Å². The highest BCUT2D eigenvalue weighted by molar-refractivity contribution is 5.76. The third-order valence-electron chi connectivity index (χ3n) is 7.43. The average Bonchev–Trinajstić information content (AvgIpc) is 3.12. The molecule has 2 aliphatic rings. The first-order chi connectivity index (χ1) is 17.0. The predicted octanol–water partition coefficient (Wildman–Crippen LogP) is 3.94. The van der Waals surface area contributed by atoms with Crippen molar-refractivity contribution in [1.29, 1.82) is 0 Å². The van der Waals surface area contributed by atoms with E-state index >= 15 is 0 Å². The van der Waals surface area contributed by atoms with Crippen LogP contribution in [-0.2, 0) is 26.2 Å². The number of ether oxygens (including phenoxy) is 3. The van der Waals surface area contributed by atoms with E-state index in [0.717, 1.165) is 37.1 Å². The standard InChI is InChI=1S/C28H38N2O5/c1-4-24(31)29-25-21-10-6-7-11-22(21)28(27(25)35-18-17-33-3)13-15-30(16-14-28)19-20-9-8-12-23(26(20)32)34-5-2/h6-12,25,27,32H,4-5,13-19H2,1-3H3,(H,29,31)/t25-,27+/m1/s1. The van der Waals surface area contributed by atoms with Gasteiger partial charge in [-0.15, -0.1) is 0 Å². The fourth-order valence-corrected chi connectivity index (χ4v) is 5.67. The second-order valence-corrected chi connectivity index (χ2v) is 9.40. The summed E-state index contributed by atoms with van der Waals surface area (Å²) >= 11 is 0. The van der Waals surface area contributed by atoms with Gasteiger partial charge in [-0.3, -0.25) is 9.69 Å². The number of para-hydroxylation sites is 1. The lowest BCUT2D eigenvalue weighted by atomic mass is 9.71. The maximum absolute atomic E-state index is 12.5. The number of carbonyl (C=O) groups is 1. The Morgan fingerprint density at radius 1 is 1.11 bits per heavy atom. The summed E-state index contributed by atoms with van der Waals surface area (Å²) in [4.78, 5) is 14.8. The van der Waals surface area contributed by atoms with E-state index in [4.69, 9.17) is 14.2 Å². The zero-order valence-electron chi connectivity index (χ0n) is 21.1. The number of carbonyl (C=O) groups excluding carboxylic acids is 1. The second-order valence-electron chi connectivity index (χ2n) is 9.40. The number of fused-ring (bicyclic) bond motifs is 2. The molecule has 0 saturated carbocycles. The highest BCUT2D eigenvalue weighted by atomic mass is 16.5. The van der Waals surface area contributed by atoms with Gasteiger partial charge in [-0.05, 0) is 50.0 Å². The number of phenolic OH excluding ortho intramolecular Hbond substituents is 1. The van der Waals surface area contributed by atoms with Crippen molar-refractivity contribution in [2.24, 2.45) is 0 Å². The first kappa shape index (κ1) is 25.5. The van der Waals surface area contributed by atoms with Crippen LogP contribution in [0.2, 0.25) is 0 Å². The molecule has 1 fully saturated rings. The van der Waals surface area contributed by atoms with E-state index in [-0.39, 0.29) is 29.2 Å². The molecule has 1 spiro atoms. The van der Waals surface area contributed by atoms with Crippen LogP contribution in [0.15, 0.2) is 42.5 Å². The summed E-state index contributed by atoms with van der Waals surface area (Å²) < 4.78 is 17.3. The van der Waals surface area contributed by atoms with E-state index in [1.807, 2.05) is 32.0 Å². The molecule has 2 aromatic carbocycles. The molecule has 1 aliphatic heterocycles. The Hall–Kier alpha value is -2.61. The van der Waals surface area contributed by atoms with Gasteiger partial charge < -0.3 is 24.6 Å². The number of nitrogens with one attached hydrogen (secondary N) is 1. The molecule has 0 unspecified atom stereocenters. The van der Waals surface area contributed by atoms with Gasteiger partial charge in [0, 0.05) is 31.1 Å². The lowest BCUT2D eigenvalue weighted by Crippen LogP contribution is -2.51. The Morgan fingerprint density at radius 2 is 1.89 bits per heavy atom. The molecule has 4 rings (SSSR count). The molecule has 7 nitrogen and oxygen atoms in total. The quantitative estimate of drug-likeness (QED) is 0.500. The van der Waals surface area contributed by atoms with Crippen LogP contribution >= 0.6 is 0 Å². The number of likely N-dealkylation sites (tertiary alicyclic amines) is 1. The second kappa shape index (κ2) is 11.4. The van der Waals surface area contributed by atoms with Gasteiger partial charge >= 0.3 is 0 Å². The number of rotatable bonds is 10. The summed E-state index contributed by atoms with van der Waals surface area (Å²) in [6.07, 6.45) is 2.11. The van der Waals surface area contributed by atoms with Gasteiger partial charge in [-0.2, -0.15) is 0 Å². The van der Waals surface area contributed by atoms with Crippen LogP contribution in [0.1, 0.15) is 55.8 Å². The smallest absolute Gasteiger partial charge is 0.220 e. The molecule has 1 saturated heterocycles. The zero-order valence-corrected chi connectivity index (χ0v) is 21.1. The third-order valence-corrected chi connectivity index (χ3v) is 7.43. The van der Waals surface area contributed by atoms with Crippen LogP contribution in [0.5, 0.6) is 11.5 Å². The van der Waals surface area contributed by atoms with Gasteiger partial charge in [0.25, 0.3) is 0 Å². The maximum Gasteiger partial charge on any atom is 0.220 e. The Balaban J connectivity index is 1.56. The Labute approximate surface area is 208 Å². The number of aromatic hydroxyl groups is 1. The molecule has 2 atom stereocenters. The molecular formula is C28H38N2O5. The molecular weight excluding hydrogens is 444 g/mol. The summed E-state index contributed by atoms with van der Waals surface area (Å²) in [7, 11) is 1.67. The highest BCUT2D eigenvalue weighted by Crippen LogP contribution is 2.52. The van der Waals surface area contributed by atoms with Crippen molar-refractivity contribution in [2.45, 2.75) is 57.2 Å². The number of benzene rings is 2. The van der Waals surface area contributed by atoms with Crippen molar-refractivity contribution in [3.8, 4) is 11.5 Å². The molecule has 2 N–H and O–H groups in total. The van der Waals surface area contributed by atoms with Crippen LogP contribution in [0, 0.1) is 0 Å². The summed E-state index contributed by atoms with van der Waals surface area (Å²) in [6.45, 7) is 7.70. The minimum atomic E-state index is -0.179. The van der Waals surface area contributed by atoms with Crippen LogP contribution in [-0.4, -0.2) is 62.0 Å². The van der Waals surface area contributed by atoms with Crippen molar-refractivity contribution in [1.82, 2.24) is 10.2 Å². The largest absolute Gasteiger partial charge is 0.504 e. The molecule has 0 bridgehead atoms. The van der Waals surface area contributed by atoms with Crippen molar-refractivity contribution in [3.63, 3.8) is 0 Å². The number of hydrogen-bond donors (Lipinski definition) is 2. The Kier molecular flexibility index (Phi) is 8.31. The number of hydrogen-bond acceptors (Lipinski definition) is 6. The van der Waals surface area contributed by atoms with Crippen LogP contribution in [0.25, 0.3) is 0 Å². The normalized spacial score (nSPS) is 21.1. The van der Waals surface area contributed by atoms with Gasteiger partial charge in [0.15, 0.2) is 11.5 Å². The number of phenols is 1. The van der Waals surface area contributed by atoms with Gasteiger partial charge in [-0.25, -0.2) is 0 Å². The zero-order chi connectivity index (χ0) is 24.8. The van der Waals surface area contributed by atoms with Gasteiger partial charge in [-0.1, -0.05) is 43.3 Å². The fourth-order valence-electron chi connectivity index (χ4n) is 5.67. The Bertz CT molecular complexity index is 1000. The lowest BCUT2D eigenvalue weighted by Gasteiger charge is -2.44. The van der Waals surface area contributed by atoms with Gasteiger partial charge in [0.05, 0.1) is 32.0 Å². The SMILES string of the molecule is CCOc1cccc(CN2CCC3(CC2)c2ccccc2[C@@H](NC(=O)CC)[C@@H]3OCCOC)c1O. The van der Waals surface area contributed by atoms with Crippen molar-refractivity contribution >= 4 is 5.91 Å². The molecule has 35 heavy (non-hydrogen) atoms. The van der Waals surface area contributed by atoms with Crippen molar-refractivity contribution < 1.29 is 24.1 Å². The predicted molar refractivity (Wildman–Crippen MR) is 135 cm³/mol. The number of nitrogens with zero attached hydrogens (tertiary/aromatic N) is 1. The van der Waals surface area contributed by atoms with Crippen LogP contribution < -0.4 is 10.1 Å².